The van der Waals surface area contributed by atoms with Gasteiger partial charge < -0.3 is 4.74 Å². The van der Waals surface area contributed by atoms with Gasteiger partial charge in [-0.05, 0) is 19.1 Å². The van der Waals surface area contributed by atoms with Crippen LogP contribution in [0, 0.1) is 6.92 Å². The number of nitrogens with zero attached hydrogens (tertiary/aromatic N) is 2. The van der Waals surface area contributed by atoms with Crippen molar-refractivity contribution < 1.29 is 4.74 Å². The van der Waals surface area contributed by atoms with Crippen LogP contribution in [0.3, 0.4) is 0 Å². The third-order valence-electron chi connectivity index (χ3n) is 1.90. The number of ether oxygens (including phenoxy) is 1. The van der Waals surface area contributed by atoms with Crippen LogP contribution in [0.4, 0.5) is 0 Å². The second-order valence-corrected chi connectivity index (χ2v) is 4.79. The van der Waals surface area contributed by atoms with Crippen molar-refractivity contribution >= 4 is 28.6 Å². The maximum atomic E-state index is 5.47. The molecular formula is C11H10N2OS2. The molecule has 2 rings (SSSR count). The van der Waals surface area contributed by atoms with E-state index in [9.17, 15) is 0 Å². The van der Waals surface area contributed by atoms with E-state index < -0.39 is 0 Å². The van der Waals surface area contributed by atoms with Crippen LogP contribution < -0.4 is 0 Å². The minimum atomic E-state index is 0.388. The molecule has 0 aliphatic rings. The van der Waals surface area contributed by atoms with Gasteiger partial charge in [-0.2, -0.15) is 0 Å². The number of aryl methyl sites for hydroxylation is 1. The quantitative estimate of drug-likeness (QED) is 0.785. The highest BCUT2D eigenvalue weighted by atomic mass is 32.1. The molecule has 1 aromatic carbocycles. The lowest BCUT2D eigenvalue weighted by atomic mass is 10.2. The van der Waals surface area contributed by atoms with Gasteiger partial charge in [0.1, 0.15) is 11.6 Å². The number of aromatic nitrogens is 2. The maximum Gasteiger partial charge on any atom is 0.191 e. The summed E-state index contributed by atoms with van der Waals surface area (Å²) in [5, 5.41) is 10.1. The van der Waals surface area contributed by atoms with Crippen LogP contribution >= 0.6 is 23.6 Å². The normalized spacial score (nSPS) is 10.1. The third kappa shape index (κ3) is 2.84. The zero-order chi connectivity index (χ0) is 11.4. The fourth-order valence-corrected chi connectivity index (χ4v) is 2.00. The van der Waals surface area contributed by atoms with E-state index in [1.165, 1.54) is 11.3 Å². The zero-order valence-corrected chi connectivity index (χ0v) is 10.3. The van der Waals surface area contributed by atoms with E-state index in [4.69, 9.17) is 17.0 Å². The van der Waals surface area contributed by atoms with Gasteiger partial charge in [0, 0.05) is 5.56 Å². The summed E-state index contributed by atoms with van der Waals surface area (Å²) in [7, 11) is 0. The van der Waals surface area contributed by atoms with Gasteiger partial charge in [-0.1, -0.05) is 41.7 Å². The number of hydrogen-bond acceptors (Lipinski definition) is 5. The number of rotatable bonds is 3. The monoisotopic (exact) mass is 250 g/mol. The molecule has 0 N–H and O–H groups in total. The molecule has 0 saturated heterocycles. The molecule has 0 radical (unpaired) electrons. The maximum absolute atomic E-state index is 5.47. The van der Waals surface area contributed by atoms with E-state index in [1.54, 1.807) is 0 Å². The van der Waals surface area contributed by atoms with Crippen molar-refractivity contribution in [2.75, 3.05) is 0 Å². The predicted molar refractivity (Wildman–Crippen MR) is 67.6 cm³/mol. The van der Waals surface area contributed by atoms with Crippen LogP contribution in [0.1, 0.15) is 15.6 Å². The summed E-state index contributed by atoms with van der Waals surface area (Å²) in [4.78, 5) is 0. The molecule has 5 heteroatoms. The lowest BCUT2D eigenvalue weighted by Crippen LogP contribution is -2.03. The summed E-state index contributed by atoms with van der Waals surface area (Å²) in [5.41, 5.74) is 0.915. The highest BCUT2D eigenvalue weighted by Gasteiger charge is 2.04. The average Bonchev–Trinajstić information content (AvgIpc) is 2.73. The minimum Gasteiger partial charge on any atom is -0.475 e. The van der Waals surface area contributed by atoms with Crippen molar-refractivity contribution in [1.82, 2.24) is 10.2 Å². The fraction of sp³-hybridized carbons (Fsp3) is 0.182. The van der Waals surface area contributed by atoms with Crippen LogP contribution in [0.2, 0.25) is 0 Å². The summed E-state index contributed by atoms with van der Waals surface area (Å²) < 4.78 is 5.47. The first-order chi connectivity index (χ1) is 7.75. The van der Waals surface area contributed by atoms with Crippen molar-refractivity contribution in [1.29, 1.82) is 0 Å². The highest BCUT2D eigenvalue weighted by molar-refractivity contribution is 7.80. The Labute approximate surface area is 103 Å². The van der Waals surface area contributed by atoms with E-state index in [0.717, 1.165) is 15.6 Å². The first-order valence-electron chi connectivity index (χ1n) is 4.77. The number of thiocarbonyl (C=S) groups is 1. The first kappa shape index (κ1) is 11.2. The topological polar surface area (TPSA) is 35.0 Å². The van der Waals surface area contributed by atoms with Crippen LogP contribution in [-0.4, -0.2) is 15.2 Å². The van der Waals surface area contributed by atoms with E-state index in [1.807, 2.05) is 37.3 Å². The zero-order valence-electron chi connectivity index (χ0n) is 8.71. The third-order valence-corrected chi connectivity index (χ3v) is 3.07. The van der Waals surface area contributed by atoms with Gasteiger partial charge in [-0.25, -0.2) is 0 Å². The molecule has 0 aliphatic carbocycles. The molecular weight excluding hydrogens is 240 g/mol. The smallest absolute Gasteiger partial charge is 0.191 e. The first-order valence-corrected chi connectivity index (χ1v) is 5.99. The van der Waals surface area contributed by atoms with Crippen LogP contribution in [0.15, 0.2) is 30.3 Å². The summed E-state index contributed by atoms with van der Waals surface area (Å²) in [6, 6.07) is 9.65. The fourth-order valence-electron chi connectivity index (χ4n) is 1.18. The van der Waals surface area contributed by atoms with Crippen molar-refractivity contribution in [3.8, 4) is 0 Å². The molecule has 0 aliphatic heterocycles. The lowest BCUT2D eigenvalue weighted by Gasteiger charge is -2.04. The Balaban J connectivity index is 1.94. The summed E-state index contributed by atoms with van der Waals surface area (Å²) in [6.45, 7) is 2.30. The Morgan fingerprint density at radius 1 is 1.31 bits per heavy atom. The molecule has 1 heterocycles. The predicted octanol–water partition coefficient (Wildman–Crippen LogP) is 2.74. The Morgan fingerprint density at radius 2 is 2.06 bits per heavy atom. The Bertz CT molecular complexity index is 482. The minimum absolute atomic E-state index is 0.388. The standard InChI is InChI=1S/C11H10N2OS2/c1-8-12-13-10(16-8)7-14-11(15)9-5-3-2-4-6-9/h2-6H,7H2,1H3. The van der Waals surface area contributed by atoms with Crippen molar-refractivity contribution in [3.05, 3.63) is 45.9 Å². The van der Waals surface area contributed by atoms with Crippen LogP contribution in [0.25, 0.3) is 0 Å². The van der Waals surface area contributed by atoms with Gasteiger partial charge in [0.25, 0.3) is 0 Å². The van der Waals surface area contributed by atoms with Crippen LogP contribution in [0.5, 0.6) is 0 Å². The molecule has 0 amide bonds. The molecule has 16 heavy (non-hydrogen) atoms. The molecule has 0 atom stereocenters. The highest BCUT2D eigenvalue weighted by Crippen LogP contribution is 2.11. The number of hydrogen-bond donors (Lipinski definition) is 0. The summed E-state index contributed by atoms with van der Waals surface area (Å²) in [5.74, 6) is 0. The van der Waals surface area contributed by atoms with E-state index in [2.05, 4.69) is 10.2 Å². The second-order valence-electron chi connectivity index (χ2n) is 3.16. The van der Waals surface area contributed by atoms with Crippen LogP contribution in [-0.2, 0) is 11.3 Å². The molecule has 82 valence electrons. The van der Waals surface area contributed by atoms with Gasteiger partial charge in [0.15, 0.2) is 10.1 Å². The average molecular weight is 250 g/mol. The van der Waals surface area contributed by atoms with E-state index in [0.29, 0.717) is 11.7 Å². The molecule has 2 aromatic rings. The molecule has 0 unspecified atom stereocenters. The Morgan fingerprint density at radius 3 is 2.69 bits per heavy atom. The second kappa shape index (κ2) is 5.14. The SMILES string of the molecule is Cc1nnc(COC(=S)c2ccccc2)s1. The molecule has 0 bridgehead atoms. The van der Waals surface area contributed by atoms with Gasteiger partial charge in [-0.15, -0.1) is 10.2 Å². The van der Waals surface area contributed by atoms with E-state index >= 15 is 0 Å². The molecule has 0 spiro atoms. The molecule has 0 fully saturated rings. The summed E-state index contributed by atoms with van der Waals surface area (Å²) >= 11 is 6.68. The van der Waals surface area contributed by atoms with Gasteiger partial charge in [-0.3, -0.25) is 0 Å². The lowest BCUT2D eigenvalue weighted by molar-refractivity contribution is 0.300. The van der Waals surface area contributed by atoms with Gasteiger partial charge in [0.05, 0.1) is 0 Å². The largest absolute Gasteiger partial charge is 0.475 e. The Kier molecular flexibility index (Phi) is 3.58. The number of benzene rings is 1. The Hall–Kier alpha value is -1.33. The van der Waals surface area contributed by atoms with Crippen molar-refractivity contribution in [2.45, 2.75) is 13.5 Å². The summed E-state index contributed by atoms with van der Waals surface area (Å²) in [6.07, 6.45) is 0. The van der Waals surface area contributed by atoms with Crippen molar-refractivity contribution in [2.24, 2.45) is 0 Å². The molecule has 0 saturated carbocycles. The molecule has 1 aromatic heterocycles. The van der Waals surface area contributed by atoms with Gasteiger partial charge in [0.2, 0.25) is 0 Å². The van der Waals surface area contributed by atoms with Crippen molar-refractivity contribution in [3.63, 3.8) is 0 Å². The molecule has 3 nitrogen and oxygen atoms in total. The van der Waals surface area contributed by atoms with E-state index in [-0.39, 0.29) is 0 Å². The van der Waals surface area contributed by atoms with Gasteiger partial charge >= 0.3 is 0 Å².